The fourth-order valence-corrected chi connectivity index (χ4v) is 3.42. The predicted octanol–water partition coefficient (Wildman–Crippen LogP) is 3.40. The SMILES string of the molecule is CN=C(NCCc1ccc(OC)cc1)NCCc1nc(C(C)(C)C)cs1. The molecule has 0 aliphatic heterocycles. The molecule has 5 nitrogen and oxygen atoms in total. The van der Waals surface area contributed by atoms with Gasteiger partial charge in [0.25, 0.3) is 0 Å². The van der Waals surface area contributed by atoms with Crippen LogP contribution >= 0.6 is 11.3 Å². The Balaban J connectivity index is 1.71. The maximum absolute atomic E-state index is 5.18. The number of nitrogens with zero attached hydrogens (tertiary/aromatic N) is 2. The molecule has 1 aromatic heterocycles. The molecule has 0 spiro atoms. The number of hydrogen-bond donors (Lipinski definition) is 2. The van der Waals surface area contributed by atoms with Crippen LogP contribution < -0.4 is 15.4 Å². The van der Waals surface area contributed by atoms with Gasteiger partial charge in [0.05, 0.1) is 17.8 Å². The van der Waals surface area contributed by atoms with Gasteiger partial charge in [-0.1, -0.05) is 32.9 Å². The summed E-state index contributed by atoms with van der Waals surface area (Å²) < 4.78 is 5.18. The number of methoxy groups -OCH3 is 1. The molecule has 0 radical (unpaired) electrons. The number of guanidine groups is 1. The summed E-state index contributed by atoms with van der Waals surface area (Å²) in [6, 6.07) is 8.16. The summed E-state index contributed by atoms with van der Waals surface area (Å²) in [5.74, 6) is 1.71. The van der Waals surface area contributed by atoms with Crippen LogP contribution in [0.4, 0.5) is 0 Å². The number of hydrogen-bond acceptors (Lipinski definition) is 4. The van der Waals surface area contributed by atoms with E-state index in [4.69, 9.17) is 9.72 Å². The van der Waals surface area contributed by atoms with E-state index in [1.807, 2.05) is 12.1 Å². The summed E-state index contributed by atoms with van der Waals surface area (Å²) in [5.41, 5.74) is 2.55. The van der Waals surface area contributed by atoms with E-state index in [1.54, 1.807) is 25.5 Å². The van der Waals surface area contributed by atoms with Gasteiger partial charge in [-0.15, -0.1) is 11.3 Å². The van der Waals surface area contributed by atoms with Crippen LogP contribution in [0.15, 0.2) is 34.6 Å². The van der Waals surface area contributed by atoms with Crippen molar-refractivity contribution in [2.24, 2.45) is 4.99 Å². The van der Waals surface area contributed by atoms with Crippen molar-refractivity contribution >= 4 is 17.3 Å². The maximum Gasteiger partial charge on any atom is 0.191 e. The number of nitrogens with one attached hydrogen (secondary N) is 2. The minimum absolute atomic E-state index is 0.112. The standard InChI is InChI=1S/C20H30N4OS/c1-20(2,3)17-14-26-18(24-17)11-13-23-19(21-4)22-12-10-15-6-8-16(25-5)9-7-15/h6-9,14H,10-13H2,1-5H3,(H2,21,22,23). The van der Waals surface area contributed by atoms with Gasteiger partial charge in [-0.25, -0.2) is 4.98 Å². The number of aliphatic imine (C=N–C) groups is 1. The first-order valence-corrected chi connectivity index (χ1v) is 9.82. The average Bonchev–Trinajstić information content (AvgIpc) is 3.10. The number of benzene rings is 1. The van der Waals surface area contributed by atoms with Crippen molar-refractivity contribution in [3.63, 3.8) is 0 Å². The Morgan fingerprint density at radius 1 is 1.12 bits per heavy atom. The summed E-state index contributed by atoms with van der Waals surface area (Å²) in [7, 11) is 3.48. The normalized spacial score (nSPS) is 12.1. The molecular weight excluding hydrogens is 344 g/mol. The van der Waals surface area contributed by atoms with Gasteiger partial charge in [0, 0.05) is 37.4 Å². The Morgan fingerprint density at radius 3 is 2.31 bits per heavy atom. The van der Waals surface area contributed by atoms with Gasteiger partial charge >= 0.3 is 0 Å². The van der Waals surface area contributed by atoms with Gasteiger partial charge in [-0.05, 0) is 24.1 Å². The van der Waals surface area contributed by atoms with Gasteiger partial charge in [0.1, 0.15) is 5.75 Å². The summed E-state index contributed by atoms with van der Waals surface area (Å²) in [6.07, 6.45) is 1.84. The smallest absolute Gasteiger partial charge is 0.191 e. The van der Waals surface area contributed by atoms with Crippen LogP contribution in [0.2, 0.25) is 0 Å². The van der Waals surface area contributed by atoms with Crippen molar-refractivity contribution in [3.8, 4) is 5.75 Å². The largest absolute Gasteiger partial charge is 0.497 e. The van der Waals surface area contributed by atoms with Crippen molar-refractivity contribution < 1.29 is 4.74 Å². The zero-order chi connectivity index (χ0) is 19.0. The lowest BCUT2D eigenvalue weighted by Crippen LogP contribution is -2.39. The highest BCUT2D eigenvalue weighted by Crippen LogP contribution is 2.23. The topological polar surface area (TPSA) is 58.5 Å². The van der Waals surface area contributed by atoms with Gasteiger partial charge in [-0.3, -0.25) is 4.99 Å². The van der Waals surface area contributed by atoms with Crippen LogP contribution in [-0.2, 0) is 18.3 Å². The molecule has 1 aromatic carbocycles. The number of rotatable bonds is 7. The van der Waals surface area contributed by atoms with E-state index < -0.39 is 0 Å². The molecule has 26 heavy (non-hydrogen) atoms. The van der Waals surface area contributed by atoms with E-state index >= 15 is 0 Å². The van der Waals surface area contributed by atoms with Crippen LogP contribution in [-0.4, -0.2) is 38.2 Å². The first-order valence-electron chi connectivity index (χ1n) is 8.94. The molecule has 0 aliphatic rings. The molecule has 0 unspecified atom stereocenters. The van der Waals surface area contributed by atoms with Gasteiger partial charge in [0.2, 0.25) is 0 Å². The van der Waals surface area contributed by atoms with E-state index in [0.29, 0.717) is 0 Å². The van der Waals surface area contributed by atoms with Crippen LogP contribution in [0.5, 0.6) is 5.75 Å². The van der Waals surface area contributed by atoms with E-state index in [2.05, 4.69) is 53.9 Å². The zero-order valence-electron chi connectivity index (χ0n) is 16.4. The molecule has 2 aromatic rings. The monoisotopic (exact) mass is 374 g/mol. The molecule has 2 rings (SSSR count). The third-order valence-corrected chi connectivity index (χ3v) is 4.95. The quantitative estimate of drug-likeness (QED) is 0.576. The molecular formula is C20H30N4OS. The van der Waals surface area contributed by atoms with E-state index in [0.717, 1.165) is 42.6 Å². The third kappa shape index (κ3) is 6.33. The van der Waals surface area contributed by atoms with E-state index in [9.17, 15) is 0 Å². The van der Waals surface area contributed by atoms with Gasteiger partial charge in [0.15, 0.2) is 5.96 Å². The number of thiazole rings is 1. The molecule has 2 N–H and O–H groups in total. The van der Waals surface area contributed by atoms with Crippen LogP contribution in [0.3, 0.4) is 0 Å². The molecule has 0 saturated heterocycles. The minimum atomic E-state index is 0.112. The lowest BCUT2D eigenvalue weighted by atomic mass is 9.93. The Labute approximate surface area is 160 Å². The summed E-state index contributed by atoms with van der Waals surface area (Å²) >= 11 is 1.73. The Hall–Kier alpha value is -2.08. The van der Waals surface area contributed by atoms with Crippen LogP contribution in [0.1, 0.15) is 37.0 Å². The molecule has 0 atom stereocenters. The lowest BCUT2D eigenvalue weighted by Gasteiger charge is -2.14. The zero-order valence-corrected chi connectivity index (χ0v) is 17.2. The fraction of sp³-hybridized carbons (Fsp3) is 0.500. The van der Waals surface area contributed by atoms with E-state index in [1.165, 1.54) is 11.3 Å². The van der Waals surface area contributed by atoms with Gasteiger partial charge in [-0.2, -0.15) is 0 Å². The van der Waals surface area contributed by atoms with Crippen molar-refractivity contribution in [2.75, 3.05) is 27.2 Å². The molecule has 6 heteroatoms. The molecule has 0 aliphatic carbocycles. The van der Waals surface area contributed by atoms with Crippen LogP contribution in [0.25, 0.3) is 0 Å². The molecule has 0 amide bonds. The average molecular weight is 375 g/mol. The second kappa shape index (κ2) is 9.57. The Morgan fingerprint density at radius 2 is 1.77 bits per heavy atom. The maximum atomic E-state index is 5.18. The highest BCUT2D eigenvalue weighted by molar-refractivity contribution is 7.09. The van der Waals surface area contributed by atoms with Crippen molar-refractivity contribution in [1.82, 2.24) is 15.6 Å². The molecule has 0 bridgehead atoms. The third-order valence-electron chi connectivity index (χ3n) is 4.04. The van der Waals surface area contributed by atoms with Crippen LogP contribution in [0, 0.1) is 0 Å². The highest BCUT2D eigenvalue weighted by Gasteiger charge is 2.17. The second-order valence-electron chi connectivity index (χ2n) is 7.15. The van der Waals surface area contributed by atoms with Crippen molar-refractivity contribution in [1.29, 1.82) is 0 Å². The second-order valence-corrected chi connectivity index (χ2v) is 8.09. The lowest BCUT2D eigenvalue weighted by molar-refractivity contribution is 0.414. The Bertz CT molecular complexity index is 701. The number of ether oxygens (including phenoxy) is 1. The molecule has 0 saturated carbocycles. The van der Waals surface area contributed by atoms with Crippen molar-refractivity contribution in [2.45, 2.75) is 39.0 Å². The Kier molecular flexibility index (Phi) is 7.45. The molecule has 142 valence electrons. The minimum Gasteiger partial charge on any atom is -0.497 e. The first kappa shape index (κ1) is 20.2. The number of aromatic nitrogens is 1. The first-order chi connectivity index (χ1) is 12.4. The molecule has 0 fully saturated rings. The molecule has 1 heterocycles. The van der Waals surface area contributed by atoms with Gasteiger partial charge < -0.3 is 15.4 Å². The predicted molar refractivity (Wildman–Crippen MR) is 111 cm³/mol. The fourth-order valence-electron chi connectivity index (χ4n) is 2.40. The van der Waals surface area contributed by atoms with Crippen molar-refractivity contribution in [3.05, 3.63) is 45.9 Å². The highest BCUT2D eigenvalue weighted by atomic mass is 32.1. The summed E-state index contributed by atoms with van der Waals surface area (Å²) in [6.45, 7) is 8.23. The summed E-state index contributed by atoms with van der Waals surface area (Å²) in [4.78, 5) is 9.01. The summed E-state index contributed by atoms with van der Waals surface area (Å²) in [5, 5.41) is 10.0. The van der Waals surface area contributed by atoms with E-state index in [-0.39, 0.29) is 5.41 Å².